The van der Waals surface area contributed by atoms with Crippen molar-refractivity contribution in [1.29, 1.82) is 5.26 Å². The summed E-state index contributed by atoms with van der Waals surface area (Å²) < 4.78 is 6.27. The van der Waals surface area contributed by atoms with Gasteiger partial charge in [0.15, 0.2) is 6.10 Å². The molecular weight excluding hydrogens is 320 g/mol. The van der Waals surface area contributed by atoms with E-state index in [4.69, 9.17) is 21.6 Å². The minimum Gasteiger partial charge on any atom is -0.481 e. The Kier molecular flexibility index (Phi) is 5.42. The molecular formula is C16H15ClN2O2S. The number of carbonyl (C=O) groups is 1. The number of carbonyl (C=O) groups excluding carboxylic acids is 1. The van der Waals surface area contributed by atoms with Gasteiger partial charge in [-0.1, -0.05) is 11.6 Å². The summed E-state index contributed by atoms with van der Waals surface area (Å²) in [6.07, 6.45) is -0.634. The van der Waals surface area contributed by atoms with Crippen molar-refractivity contribution >= 4 is 28.8 Å². The number of amides is 1. The number of nitrogens with zero attached hydrogens (tertiary/aromatic N) is 1. The number of nitrogens with one attached hydrogen (secondary N) is 1. The number of halogens is 1. The highest BCUT2D eigenvalue weighted by Gasteiger charge is 2.18. The molecule has 1 heterocycles. The molecule has 1 aromatic carbocycles. The molecule has 0 bridgehead atoms. The first-order valence-corrected chi connectivity index (χ1v) is 7.91. The molecule has 1 aromatic heterocycles. The van der Waals surface area contributed by atoms with Gasteiger partial charge >= 0.3 is 0 Å². The van der Waals surface area contributed by atoms with Crippen LogP contribution in [0.15, 0.2) is 36.4 Å². The Hall–Kier alpha value is -2.03. The van der Waals surface area contributed by atoms with Crippen molar-refractivity contribution in [2.24, 2.45) is 0 Å². The molecule has 1 N–H and O–H groups in total. The number of thiophene rings is 1. The number of hydrogen-bond donors (Lipinski definition) is 1. The van der Waals surface area contributed by atoms with E-state index in [1.165, 1.54) is 11.3 Å². The zero-order valence-electron chi connectivity index (χ0n) is 12.2. The Bertz CT molecular complexity index is 691. The fraction of sp³-hybridized carbons (Fsp3) is 0.250. The van der Waals surface area contributed by atoms with Gasteiger partial charge in [0.05, 0.1) is 22.0 Å². The molecule has 2 atom stereocenters. The zero-order valence-corrected chi connectivity index (χ0v) is 13.7. The van der Waals surface area contributed by atoms with Crippen LogP contribution >= 0.6 is 22.9 Å². The number of ether oxygens (including phenoxy) is 1. The molecule has 2 aromatic rings. The minimum atomic E-state index is -0.634. The SMILES string of the molecule is CC(Oc1ccc(C#N)cc1)C(=O)NC(C)c1ccc(Cl)s1. The third kappa shape index (κ3) is 4.23. The first-order chi connectivity index (χ1) is 10.5. The topological polar surface area (TPSA) is 62.1 Å². The molecule has 0 saturated carbocycles. The average molecular weight is 335 g/mol. The van der Waals surface area contributed by atoms with Crippen molar-refractivity contribution in [2.45, 2.75) is 26.0 Å². The zero-order chi connectivity index (χ0) is 16.1. The smallest absolute Gasteiger partial charge is 0.261 e. The minimum absolute atomic E-state index is 0.128. The predicted molar refractivity (Wildman–Crippen MR) is 87.1 cm³/mol. The van der Waals surface area contributed by atoms with Crippen LogP contribution in [-0.2, 0) is 4.79 Å². The molecule has 2 unspecified atom stereocenters. The quantitative estimate of drug-likeness (QED) is 0.901. The third-order valence-electron chi connectivity index (χ3n) is 3.05. The number of benzene rings is 1. The summed E-state index contributed by atoms with van der Waals surface area (Å²) in [5, 5.41) is 11.6. The van der Waals surface area contributed by atoms with E-state index in [2.05, 4.69) is 5.32 Å². The lowest BCUT2D eigenvalue weighted by Gasteiger charge is -2.18. The fourth-order valence-corrected chi connectivity index (χ4v) is 2.89. The molecule has 0 aliphatic rings. The van der Waals surface area contributed by atoms with Gasteiger partial charge in [0.25, 0.3) is 5.91 Å². The van der Waals surface area contributed by atoms with E-state index in [-0.39, 0.29) is 11.9 Å². The van der Waals surface area contributed by atoms with E-state index in [0.717, 1.165) is 4.88 Å². The maximum Gasteiger partial charge on any atom is 0.261 e. The monoisotopic (exact) mass is 334 g/mol. The lowest BCUT2D eigenvalue weighted by Crippen LogP contribution is -2.37. The van der Waals surface area contributed by atoms with Crippen molar-refractivity contribution < 1.29 is 9.53 Å². The first-order valence-electron chi connectivity index (χ1n) is 6.72. The highest BCUT2D eigenvalue weighted by Crippen LogP contribution is 2.26. The summed E-state index contributed by atoms with van der Waals surface area (Å²) in [4.78, 5) is 13.1. The Morgan fingerprint density at radius 1 is 1.27 bits per heavy atom. The van der Waals surface area contributed by atoms with E-state index in [1.807, 2.05) is 19.1 Å². The van der Waals surface area contributed by atoms with Crippen LogP contribution in [0.2, 0.25) is 4.34 Å². The van der Waals surface area contributed by atoms with Gasteiger partial charge in [0.1, 0.15) is 5.75 Å². The van der Waals surface area contributed by atoms with E-state index < -0.39 is 6.10 Å². The lowest BCUT2D eigenvalue weighted by molar-refractivity contribution is -0.127. The Morgan fingerprint density at radius 2 is 1.95 bits per heavy atom. The fourth-order valence-electron chi connectivity index (χ4n) is 1.83. The molecule has 2 rings (SSSR count). The van der Waals surface area contributed by atoms with Crippen molar-refractivity contribution in [1.82, 2.24) is 5.32 Å². The normalized spacial score (nSPS) is 13.0. The first kappa shape index (κ1) is 16.3. The van der Waals surface area contributed by atoms with Gasteiger partial charge < -0.3 is 10.1 Å². The molecule has 0 spiro atoms. The second-order valence-electron chi connectivity index (χ2n) is 4.77. The summed E-state index contributed by atoms with van der Waals surface area (Å²) in [7, 11) is 0. The standard InChI is InChI=1S/C16H15ClN2O2S/c1-10(14-7-8-15(17)22-14)19-16(20)11(2)21-13-5-3-12(9-18)4-6-13/h3-8,10-11H,1-2H3,(H,19,20). The number of rotatable bonds is 5. The van der Waals surface area contributed by atoms with Crippen LogP contribution in [0.1, 0.15) is 30.3 Å². The summed E-state index contributed by atoms with van der Waals surface area (Å²) in [5.74, 6) is 0.342. The van der Waals surface area contributed by atoms with Crippen LogP contribution in [0.3, 0.4) is 0 Å². The Balaban J connectivity index is 1.92. The lowest BCUT2D eigenvalue weighted by atomic mass is 10.2. The molecule has 0 aliphatic carbocycles. The van der Waals surface area contributed by atoms with Crippen LogP contribution in [0.25, 0.3) is 0 Å². The number of nitriles is 1. The molecule has 1 amide bonds. The summed E-state index contributed by atoms with van der Waals surface area (Å²) in [6.45, 7) is 3.58. The van der Waals surface area contributed by atoms with Crippen molar-refractivity contribution in [3.8, 4) is 11.8 Å². The van der Waals surface area contributed by atoms with Gasteiger partial charge in [-0.25, -0.2) is 0 Å². The maximum atomic E-state index is 12.1. The largest absolute Gasteiger partial charge is 0.481 e. The second kappa shape index (κ2) is 7.30. The third-order valence-corrected chi connectivity index (χ3v) is 4.46. The predicted octanol–water partition coefficient (Wildman–Crippen LogP) is 3.92. The molecule has 6 heteroatoms. The summed E-state index contributed by atoms with van der Waals surface area (Å²) >= 11 is 7.33. The van der Waals surface area contributed by atoms with Crippen molar-refractivity contribution in [3.05, 3.63) is 51.2 Å². The molecule has 114 valence electrons. The Morgan fingerprint density at radius 3 is 2.50 bits per heavy atom. The molecule has 0 radical (unpaired) electrons. The van der Waals surface area contributed by atoms with Crippen molar-refractivity contribution in [3.63, 3.8) is 0 Å². The average Bonchev–Trinajstić information content (AvgIpc) is 2.94. The highest BCUT2D eigenvalue weighted by molar-refractivity contribution is 7.16. The second-order valence-corrected chi connectivity index (χ2v) is 6.52. The Labute approximate surface area is 138 Å². The molecule has 0 fully saturated rings. The summed E-state index contributed by atoms with van der Waals surface area (Å²) in [6, 6.07) is 12.2. The number of hydrogen-bond acceptors (Lipinski definition) is 4. The van der Waals surface area contributed by atoms with E-state index in [9.17, 15) is 4.79 Å². The van der Waals surface area contributed by atoms with Crippen LogP contribution in [-0.4, -0.2) is 12.0 Å². The van der Waals surface area contributed by atoms with Gasteiger partial charge in [-0.15, -0.1) is 11.3 Å². The molecule has 4 nitrogen and oxygen atoms in total. The molecule has 22 heavy (non-hydrogen) atoms. The van der Waals surface area contributed by atoms with Crippen LogP contribution in [0.4, 0.5) is 0 Å². The summed E-state index contributed by atoms with van der Waals surface area (Å²) in [5.41, 5.74) is 0.549. The van der Waals surface area contributed by atoms with E-state index in [0.29, 0.717) is 15.6 Å². The van der Waals surface area contributed by atoms with Gasteiger partial charge in [0.2, 0.25) is 0 Å². The van der Waals surface area contributed by atoms with Crippen LogP contribution < -0.4 is 10.1 Å². The van der Waals surface area contributed by atoms with Gasteiger partial charge in [-0.05, 0) is 50.2 Å². The van der Waals surface area contributed by atoms with Crippen molar-refractivity contribution in [2.75, 3.05) is 0 Å². The highest BCUT2D eigenvalue weighted by atomic mass is 35.5. The molecule has 0 aliphatic heterocycles. The van der Waals surface area contributed by atoms with E-state index in [1.54, 1.807) is 37.3 Å². The van der Waals surface area contributed by atoms with E-state index >= 15 is 0 Å². The van der Waals surface area contributed by atoms with Gasteiger partial charge in [-0.2, -0.15) is 5.26 Å². The maximum absolute atomic E-state index is 12.1. The van der Waals surface area contributed by atoms with Gasteiger partial charge in [0, 0.05) is 4.88 Å². The molecule has 0 saturated heterocycles. The van der Waals surface area contributed by atoms with Crippen LogP contribution in [0.5, 0.6) is 5.75 Å². The van der Waals surface area contributed by atoms with Crippen LogP contribution in [0, 0.1) is 11.3 Å². The van der Waals surface area contributed by atoms with Gasteiger partial charge in [-0.3, -0.25) is 4.79 Å².